The summed E-state index contributed by atoms with van der Waals surface area (Å²) in [5.41, 5.74) is 3.73. The number of aliphatic hydroxyl groups excluding tert-OH is 1. The predicted molar refractivity (Wildman–Crippen MR) is 131 cm³/mol. The number of nitrogens with zero attached hydrogens (tertiary/aromatic N) is 3. The first-order valence-corrected chi connectivity index (χ1v) is 12.3. The number of carboxylic acids is 1. The Labute approximate surface area is 203 Å². The van der Waals surface area contributed by atoms with Crippen molar-refractivity contribution in [3.63, 3.8) is 0 Å². The maximum Gasteiger partial charge on any atom is 0.324 e. The number of anilines is 1. The van der Waals surface area contributed by atoms with E-state index in [-0.39, 0.29) is 37.5 Å². The number of carbonyl (C=O) groups is 2. The number of aliphatic hydroxyl groups is 1. The van der Waals surface area contributed by atoms with Gasteiger partial charge in [-0.2, -0.15) is 0 Å². The first kappa shape index (κ1) is 25.8. The summed E-state index contributed by atoms with van der Waals surface area (Å²) in [6.07, 6.45) is 7.85. The van der Waals surface area contributed by atoms with Crippen LogP contribution < -0.4 is 4.90 Å². The normalized spacial score (nSPS) is 23.7. The van der Waals surface area contributed by atoms with E-state index in [9.17, 15) is 9.59 Å². The highest BCUT2D eigenvalue weighted by atomic mass is 35.5. The number of halogens is 1. The summed E-state index contributed by atoms with van der Waals surface area (Å²) in [7, 11) is 0. The average molecular weight is 480 g/mol. The molecule has 184 valence electrons. The van der Waals surface area contributed by atoms with E-state index in [4.69, 9.17) is 10.2 Å². The molecule has 0 bridgehead atoms. The largest absolute Gasteiger partial charge is 0.481 e. The van der Waals surface area contributed by atoms with Crippen molar-refractivity contribution >= 4 is 30.1 Å². The van der Waals surface area contributed by atoms with Gasteiger partial charge in [0.1, 0.15) is 0 Å². The van der Waals surface area contributed by atoms with E-state index < -0.39 is 5.97 Å². The van der Waals surface area contributed by atoms with Crippen LogP contribution in [0.4, 0.5) is 10.5 Å². The van der Waals surface area contributed by atoms with Crippen molar-refractivity contribution in [1.82, 2.24) is 9.80 Å². The molecule has 2 fully saturated rings. The molecule has 0 atom stereocenters. The number of carbonyl (C=O) groups excluding carboxylic acids is 1. The topological polar surface area (TPSA) is 84.3 Å². The van der Waals surface area contributed by atoms with Crippen molar-refractivity contribution < 1.29 is 19.8 Å². The van der Waals surface area contributed by atoms with E-state index in [1.807, 2.05) is 4.90 Å². The van der Waals surface area contributed by atoms with Gasteiger partial charge in [0, 0.05) is 57.5 Å². The van der Waals surface area contributed by atoms with Crippen LogP contribution in [0.2, 0.25) is 0 Å². The van der Waals surface area contributed by atoms with Gasteiger partial charge in [-0.15, -0.1) is 12.4 Å². The third-order valence-electron chi connectivity index (χ3n) is 7.59. The molecule has 2 N–H and O–H groups in total. The zero-order valence-corrected chi connectivity index (χ0v) is 20.3. The molecule has 1 saturated heterocycles. The maximum atomic E-state index is 13.3. The molecule has 3 aliphatic rings. The smallest absolute Gasteiger partial charge is 0.324 e. The summed E-state index contributed by atoms with van der Waals surface area (Å²) < 4.78 is 0. The van der Waals surface area contributed by atoms with E-state index in [0.29, 0.717) is 5.92 Å². The summed E-state index contributed by atoms with van der Waals surface area (Å²) in [5.74, 6) is -0.228. The van der Waals surface area contributed by atoms with Gasteiger partial charge < -0.3 is 20.0 Å². The highest BCUT2D eigenvalue weighted by Crippen LogP contribution is 2.33. The van der Waals surface area contributed by atoms with Crippen molar-refractivity contribution in [2.45, 2.75) is 63.8 Å². The molecule has 0 spiro atoms. The fraction of sp³-hybridized carbons (Fsp3) is 0.680. The molecule has 1 saturated carbocycles. The Morgan fingerprint density at radius 3 is 2.42 bits per heavy atom. The molecule has 2 aliphatic heterocycles. The first-order chi connectivity index (χ1) is 15.5. The van der Waals surface area contributed by atoms with E-state index in [0.717, 1.165) is 89.8 Å². The number of hydrogen-bond acceptors (Lipinski definition) is 4. The maximum absolute atomic E-state index is 13.3. The predicted octanol–water partition coefficient (Wildman–Crippen LogP) is 3.56. The van der Waals surface area contributed by atoms with E-state index in [1.54, 1.807) is 0 Å². The summed E-state index contributed by atoms with van der Waals surface area (Å²) in [5, 5.41) is 18.0. The second-order valence-corrected chi connectivity index (χ2v) is 9.61. The highest BCUT2D eigenvalue weighted by molar-refractivity contribution is 5.94. The summed E-state index contributed by atoms with van der Waals surface area (Å²) in [4.78, 5) is 30.5. The Bertz CT molecular complexity index is 813. The van der Waals surface area contributed by atoms with Gasteiger partial charge in [-0.3, -0.25) is 9.69 Å². The quantitative estimate of drug-likeness (QED) is 0.595. The second kappa shape index (κ2) is 12.0. The van der Waals surface area contributed by atoms with Crippen LogP contribution in [0.5, 0.6) is 0 Å². The van der Waals surface area contributed by atoms with Crippen LogP contribution in [-0.2, 0) is 17.6 Å². The SMILES string of the molecule is Cl.O=C(O)CCC1CCC(N2CCN(c3ccc4c(c3)CCN(CCCO)CC4)C2=O)CC1. The van der Waals surface area contributed by atoms with Crippen LogP contribution >= 0.6 is 12.4 Å². The van der Waals surface area contributed by atoms with E-state index in [2.05, 4.69) is 28.0 Å². The molecule has 2 amide bonds. The molecular weight excluding hydrogens is 442 g/mol. The minimum absolute atomic E-state index is 0. The zero-order chi connectivity index (χ0) is 22.5. The average Bonchev–Trinajstić information content (AvgIpc) is 3.06. The number of urea groups is 1. The Hall–Kier alpha value is -1.83. The fourth-order valence-corrected chi connectivity index (χ4v) is 5.65. The number of aliphatic carboxylic acids is 1. The van der Waals surface area contributed by atoms with Crippen LogP contribution in [0.3, 0.4) is 0 Å². The summed E-state index contributed by atoms with van der Waals surface area (Å²) >= 11 is 0. The lowest BCUT2D eigenvalue weighted by Gasteiger charge is -2.34. The van der Waals surface area contributed by atoms with Gasteiger partial charge in [-0.1, -0.05) is 6.07 Å². The monoisotopic (exact) mass is 479 g/mol. The third kappa shape index (κ3) is 6.40. The molecule has 0 aromatic heterocycles. The van der Waals surface area contributed by atoms with E-state index in [1.165, 1.54) is 11.1 Å². The second-order valence-electron chi connectivity index (χ2n) is 9.61. The van der Waals surface area contributed by atoms with Gasteiger partial charge in [-0.25, -0.2) is 4.79 Å². The molecule has 2 heterocycles. The Kier molecular flexibility index (Phi) is 9.41. The molecule has 0 radical (unpaired) electrons. The lowest BCUT2D eigenvalue weighted by Crippen LogP contribution is -2.41. The van der Waals surface area contributed by atoms with Crippen LogP contribution in [0.1, 0.15) is 56.1 Å². The summed E-state index contributed by atoms with van der Waals surface area (Å²) in [6, 6.07) is 6.93. The van der Waals surface area contributed by atoms with Gasteiger partial charge in [0.2, 0.25) is 0 Å². The van der Waals surface area contributed by atoms with Gasteiger partial charge in [-0.05, 0) is 80.5 Å². The Morgan fingerprint density at radius 1 is 1.00 bits per heavy atom. The zero-order valence-electron chi connectivity index (χ0n) is 19.5. The van der Waals surface area contributed by atoms with Gasteiger partial charge >= 0.3 is 12.0 Å². The standard InChI is InChI=1S/C25H37N3O4.ClH/c29-17-1-12-26-13-10-20-5-8-23(18-21(20)11-14-26)28-16-15-27(25(28)32)22-6-2-19(3-7-22)4-9-24(30)31;/h5,8,18-19,22,29H,1-4,6-7,9-17H2,(H,30,31);1H. The van der Waals surface area contributed by atoms with Gasteiger partial charge in [0.15, 0.2) is 0 Å². The van der Waals surface area contributed by atoms with Crippen molar-refractivity contribution in [2.75, 3.05) is 44.2 Å². The van der Waals surface area contributed by atoms with Gasteiger partial charge in [0.05, 0.1) is 0 Å². The van der Waals surface area contributed by atoms with Crippen LogP contribution in [0.25, 0.3) is 0 Å². The van der Waals surface area contributed by atoms with Crippen molar-refractivity contribution in [3.05, 3.63) is 29.3 Å². The number of amides is 2. The first-order valence-electron chi connectivity index (χ1n) is 12.3. The van der Waals surface area contributed by atoms with Crippen LogP contribution in [0.15, 0.2) is 18.2 Å². The van der Waals surface area contributed by atoms with Crippen molar-refractivity contribution in [1.29, 1.82) is 0 Å². The minimum atomic E-state index is -0.712. The van der Waals surface area contributed by atoms with Crippen molar-refractivity contribution in [3.8, 4) is 0 Å². The molecule has 1 aromatic rings. The number of fused-ring (bicyclic) bond motifs is 1. The molecular formula is C25H38ClN3O4. The molecule has 8 heteroatoms. The Morgan fingerprint density at radius 2 is 1.73 bits per heavy atom. The Balaban J connectivity index is 0.00000306. The lowest BCUT2D eigenvalue weighted by molar-refractivity contribution is -0.137. The van der Waals surface area contributed by atoms with Crippen LogP contribution in [-0.4, -0.2) is 77.4 Å². The lowest BCUT2D eigenvalue weighted by atomic mass is 9.83. The molecule has 1 aromatic carbocycles. The van der Waals surface area contributed by atoms with E-state index >= 15 is 0 Å². The molecule has 4 rings (SSSR count). The molecule has 0 unspecified atom stereocenters. The molecule has 1 aliphatic carbocycles. The number of hydrogen-bond donors (Lipinski definition) is 2. The third-order valence-corrected chi connectivity index (χ3v) is 7.59. The number of benzene rings is 1. The number of carboxylic acid groups (broad SMARTS) is 1. The van der Waals surface area contributed by atoms with Crippen LogP contribution in [0, 0.1) is 5.92 Å². The highest BCUT2D eigenvalue weighted by Gasteiger charge is 2.36. The minimum Gasteiger partial charge on any atom is -0.481 e. The molecule has 7 nitrogen and oxygen atoms in total. The van der Waals surface area contributed by atoms with Gasteiger partial charge in [0.25, 0.3) is 0 Å². The molecule has 33 heavy (non-hydrogen) atoms. The number of rotatable bonds is 8. The van der Waals surface area contributed by atoms with Crippen molar-refractivity contribution in [2.24, 2.45) is 5.92 Å². The fourth-order valence-electron chi connectivity index (χ4n) is 5.65. The summed E-state index contributed by atoms with van der Waals surface area (Å²) in [6.45, 7) is 4.72.